The minimum Gasteiger partial charge on any atom is -0.459 e. The highest BCUT2D eigenvalue weighted by Crippen LogP contribution is 2.17. The highest BCUT2D eigenvalue weighted by atomic mass is 16.5. The Morgan fingerprint density at radius 1 is 1.41 bits per heavy atom. The second kappa shape index (κ2) is 3.89. The van der Waals surface area contributed by atoms with Gasteiger partial charge in [-0.15, -0.1) is 0 Å². The van der Waals surface area contributed by atoms with Crippen molar-refractivity contribution in [1.82, 2.24) is 19.7 Å². The predicted octanol–water partition coefficient (Wildman–Crippen LogP) is 1.65. The molecule has 0 aromatic carbocycles. The lowest BCUT2D eigenvalue weighted by Gasteiger charge is -1.96. The lowest BCUT2D eigenvalue weighted by Crippen LogP contribution is -1.97. The summed E-state index contributed by atoms with van der Waals surface area (Å²) in [6, 6.07) is 3.56. The molecule has 3 aromatic heterocycles. The summed E-state index contributed by atoms with van der Waals surface area (Å²) in [4.78, 5) is 8.29. The van der Waals surface area contributed by atoms with Crippen LogP contribution in [0.3, 0.4) is 0 Å². The number of imidazole rings is 1. The summed E-state index contributed by atoms with van der Waals surface area (Å²) in [5, 5.41) is 3.90. The van der Waals surface area contributed by atoms with Crippen LogP contribution in [0.4, 0.5) is 0 Å². The highest BCUT2D eigenvalue weighted by molar-refractivity contribution is 5.42. The average Bonchev–Trinajstić information content (AvgIpc) is 3.02. The maximum atomic E-state index is 5.18. The zero-order chi connectivity index (χ0) is 11.7. The third-order valence-corrected chi connectivity index (χ3v) is 2.46. The molecule has 0 aliphatic carbocycles. The molecule has 0 saturated heterocycles. The van der Waals surface area contributed by atoms with Gasteiger partial charge < -0.3 is 13.5 Å². The summed E-state index contributed by atoms with van der Waals surface area (Å²) in [6.07, 6.45) is 5.67. The summed E-state index contributed by atoms with van der Waals surface area (Å²) >= 11 is 0. The predicted molar refractivity (Wildman–Crippen MR) is 58.0 cm³/mol. The van der Waals surface area contributed by atoms with E-state index in [2.05, 4.69) is 15.1 Å². The van der Waals surface area contributed by atoms with Crippen molar-refractivity contribution in [1.29, 1.82) is 0 Å². The first-order valence-electron chi connectivity index (χ1n) is 5.14. The zero-order valence-corrected chi connectivity index (χ0v) is 9.20. The summed E-state index contributed by atoms with van der Waals surface area (Å²) < 4.78 is 12.2. The van der Waals surface area contributed by atoms with E-state index in [0.717, 1.165) is 5.69 Å². The molecule has 0 aliphatic rings. The van der Waals surface area contributed by atoms with E-state index in [4.69, 9.17) is 8.94 Å². The molecule has 0 saturated carbocycles. The number of rotatable bonds is 3. The van der Waals surface area contributed by atoms with E-state index in [0.29, 0.717) is 23.9 Å². The largest absolute Gasteiger partial charge is 0.459 e. The third kappa shape index (κ3) is 1.84. The van der Waals surface area contributed by atoms with Crippen LogP contribution in [-0.2, 0) is 13.5 Å². The van der Waals surface area contributed by atoms with E-state index >= 15 is 0 Å². The van der Waals surface area contributed by atoms with Gasteiger partial charge in [0.25, 0.3) is 5.89 Å². The second-order valence-corrected chi connectivity index (χ2v) is 3.67. The normalized spacial score (nSPS) is 10.9. The summed E-state index contributed by atoms with van der Waals surface area (Å²) in [6.45, 7) is 0. The van der Waals surface area contributed by atoms with Crippen LogP contribution in [0.1, 0.15) is 11.5 Å². The Labute approximate surface area is 96.9 Å². The van der Waals surface area contributed by atoms with Crippen molar-refractivity contribution in [3.8, 4) is 11.7 Å². The number of hydrogen-bond acceptors (Lipinski definition) is 5. The van der Waals surface area contributed by atoms with Gasteiger partial charge in [0.15, 0.2) is 11.6 Å². The third-order valence-electron chi connectivity index (χ3n) is 2.46. The molecule has 0 bridgehead atoms. The van der Waals surface area contributed by atoms with Gasteiger partial charge in [-0.25, -0.2) is 4.98 Å². The van der Waals surface area contributed by atoms with E-state index in [1.165, 1.54) is 0 Å². The van der Waals surface area contributed by atoms with Crippen LogP contribution in [0.15, 0.2) is 39.9 Å². The zero-order valence-electron chi connectivity index (χ0n) is 9.20. The van der Waals surface area contributed by atoms with Crippen LogP contribution in [-0.4, -0.2) is 19.7 Å². The quantitative estimate of drug-likeness (QED) is 0.684. The Morgan fingerprint density at radius 3 is 3.06 bits per heavy atom. The monoisotopic (exact) mass is 230 g/mol. The number of aryl methyl sites for hydroxylation is 1. The number of nitrogens with zero attached hydrogens (tertiary/aromatic N) is 4. The van der Waals surface area contributed by atoms with Crippen molar-refractivity contribution in [2.75, 3.05) is 0 Å². The number of aromatic nitrogens is 4. The molecule has 0 atom stereocenters. The van der Waals surface area contributed by atoms with Crippen molar-refractivity contribution in [3.63, 3.8) is 0 Å². The lowest BCUT2D eigenvalue weighted by molar-refractivity contribution is 0.410. The number of hydrogen-bond donors (Lipinski definition) is 0. The first-order chi connectivity index (χ1) is 8.33. The van der Waals surface area contributed by atoms with Crippen LogP contribution in [0.2, 0.25) is 0 Å². The average molecular weight is 230 g/mol. The molecule has 0 fully saturated rings. The fraction of sp³-hybridized carbons (Fsp3) is 0.182. The Balaban J connectivity index is 1.84. The standard InChI is InChI=1S/C11H10N4O2/c1-15-7-12-6-8(15)5-10-13-11(17-14-10)9-3-2-4-16-9/h2-4,6-7H,5H2,1H3. The second-order valence-electron chi connectivity index (χ2n) is 3.67. The molecule has 0 aliphatic heterocycles. The maximum absolute atomic E-state index is 5.18. The Kier molecular flexibility index (Phi) is 2.25. The van der Waals surface area contributed by atoms with E-state index in [1.54, 1.807) is 30.9 Å². The Hall–Kier alpha value is -2.37. The molecule has 0 spiro atoms. The van der Waals surface area contributed by atoms with Crippen LogP contribution >= 0.6 is 0 Å². The smallest absolute Gasteiger partial charge is 0.293 e. The number of furan rings is 1. The van der Waals surface area contributed by atoms with Crippen molar-refractivity contribution in [2.24, 2.45) is 7.05 Å². The van der Waals surface area contributed by atoms with Gasteiger partial charge in [-0.3, -0.25) is 0 Å². The molecule has 86 valence electrons. The van der Waals surface area contributed by atoms with Gasteiger partial charge in [0.05, 0.1) is 19.0 Å². The van der Waals surface area contributed by atoms with Gasteiger partial charge in [-0.1, -0.05) is 5.16 Å². The van der Waals surface area contributed by atoms with E-state index in [9.17, 15) is 0 Å². The molecule has 0 radical (unpaired) electrons. The molecule has 0 N–H and O–H groups in total. The van der Waals surface area contributed by atoms with Gasteiger partial charge in [-0.05, 0) is 12.1 Å². The van der Waals surface area contributed by atoms with Gasteiger partial charge >= 0.3 is 0 Å². The van der Waals surface area contributed by atoms with E-state index in [-0.39, 0.29) is 0 Å². The molecular formula is C11H10N4O2. The molecule has 6 heteroatoms. The molecule has 17 heavy (non-hydrogen) atoms. The van der Waals surface area contributed by atoms with Crippen molar-refractivity contribution in [3.05, 3.63) is 42.4 Å². The SMILES string of the molecule is Cn1cncc1Cc1noc(-c2ccco2)n1. The Morgan fingerprint density at radius 2 is 2.35 bits per heavy atom. The van der Waals surface area contributed by atoms with Crippen molar-refractivity contribution < 1.29 is 8.94 Å². The van der Waals surface area contributed by atoms with Gasteiger partial charge in [0.1, 0.15) is 0 Å². The molecule has 3 heterocycles. The van der Waals surface area contributed by atoms with Gasteiger partial charge in [0.2, 0.25) is 0 Å². The van der Waals surface area contributed by atoms with Crippen LogP contribution in [0.25, 0.3) is 11.7 Å². The van der Waals surface area contributed by atoms with E-state index in [1.807, 2.05) is 11.6 Å². The van der Waals surface area contributed by atoms with E-state index < -0.39 is 0 Å². The van der Waals surface area contributed by atoms with Crippen molar-refractivity contribution in [2.45, 2.75) is 6.42 Å². The molecule has 3 rings (SSSR count). The molecular weight excluding hydrogens is 220 g/mol. The fourth-order valence-corrected chi connectivity index (χ4v) is 1.54. The summed E-state index contributed by atoms with van der Waals surface area (Å²) in [7, 11) is 1.93. The minimum atomic E-state index is 0.396. The highest BCUT2D eigenvalue weighted by Gasteiger charge is 2.12. The maximum Gasteiger partial charge on any atom is 0.293 e. The van der Waals surface area contributed by atoms with Crippen LogP contribution < -0.4 is 0 Å². The lowest BCUT2D eigenvalue weighted by atomic mass is 10.3. The first kappa shape index (κ1) is 9.83. The van der Waals surface area contributed by atoms with Crippen molar-refractivity contribution >= 4 is 0 Å². The topological polar surface area (TPSA) is 69.9 Å². The van der Waals surface area contributed by atoms with Crippen LogP contribution in [0.5, 0.6) is 0 Å². The summed E-state index contributed by atoms with van der Waals surface area (Å²) in [5.41, 5.74) is 1.02. The molecule has 0 unspecified atom stereocenters. The minimum absolute atomic E-state index is 0.396. The van der Waals surface area contributed by atoms with Crippen LogP contribution in [0, 0.1) is 0 Å². The fourth-order valence-electron chi connectivity index (χ4n) is 1.54. The van der Waals surface area contributed by atoms with Gasteiger partial charge in [-0.2, -0.15) is 4.98 Å². The molecule has 3 aromatic rings. The Bertz CT molecular complexity index is 609. The first-order valence-corrected chi connectivity index (χ1v) is 5.14. The van der Waals surface area contributed by atoms with Gasteiger partial charge in [0, 0.05) is 18.9 Å². The molecule has 0 amide bonds. The summed E-state index contributed by atoms with van der Waals surface area (Å²) in [5.74, 6) is 1.58. The molecule has 6 nitrogen and oxygen atoms in total.